The molecule has 5 heteroatoms. The Hall–Kier alpha value is -2.24. The zero-order valence-electron chi connectivity index (χ0n) is 19.3. The predicted molar refractivity (Wildman–Crippen MR) is 125 cm³/mol. The summed E-state index contributed by atoms with van der Waals surface area (Å²) in [5, 5.41) is 0. The van der Waals surface area contributed by atoms with Crippen molar-refractivity contribution in [1.29, 1.82) is 0 Å². The summed E-state index contributed by atoms with van der Waals surface area (Å²) in [6.07, 6.45) is 6.44. The fourth-order valence-electron chi connectivity index (χ4n) is 5.55. The van der Waals surface area contributed by atoms with Crippen molar-refractivity contribution in [2.45, 2.75) is 50.6 Å². The highest BCUT2D eigenvalue weighted by Crippen LogP contribution is 2.31. The number of hydrogen-bond donors (Lipinski definition) is 0. The number of likely N-dealkylation sites (tertiary alicyclic amines) is 1. The van der Waals surface area contributed by atoms with Crippen LogP contribution in [0.2, 0.25) is 0 Å². The van der Waals surface area contributed by atoms with Crippen molar-refractivity contribution >= 4 is 5.91 Å². The Labute approximate surface area is 191 Å². The summed E-state index contributed by atoms with van der Waals surface area (Å²) in [4.78, 5) is 17.2. The number of hydrogen-bond acceptors (Lipinski definition) is 3. The quantitative estimate of drug-likeness (QED) is 0.652. The number of benzene rings is 2. The average molecular weight is 439 g/mol. The molecule has 0 radical (unpaired) electrons. The summed E-state index contributed by atoms with van der Waals surface area (Å²) in [5.74, 6) is 0.209. The second-order valence-corrected chi connectivity index (χ2v) is 9.37. The maximum atomic E-state index is 13.4. The maximum absolute atomic E-state index is 13.4. The number of halogens is 1. The number of fused-ring (bicyclic) bond motifs is 1. The molecule has 1 amide bonds. The largest absolute Gasteiger partial charge is 0.375 e. The molecule has 0 aromatic heterocycles. The Morgan fingerprint density at radius 1 is 1.09 bits per heavy atom. The van der Waals surface area contributed by atoms with Gasteiger partial charge >= 0.3 is 0 Å². The van der Waals surface area contributed by atoms with Crippen molar-refractivity contribution in [3.05, 3.63) is 71.0 Å². The standard InChI is InChI=1S/C27H35FN2O2/c1-29(27(31)19-32-2)26(17-20-7-10-24(28)11-8-20)22-13-15-30(16-14-22)25-12-9-21-5-3-4-6-23(21)18-25/h3-8,10-11,22,25-26H,9,12-19H2,1-2H3. The first kappa shape index (κ1) is 22.9. The number of carbonyl (C=O) groups is 1. The highest BCUT2D eigenvalue weighted by Gasteiger charge is 2.34. The van der Waals surface area contributed by atoms with Gasteiger partial charge in [0.1, 0.15) is 12.4 Å². The topological polar surface area (TPSA) is 32.8 Å². The number of nitrogens with zero attached hydrogens (tertiary/aromatic N) is 2. The molecule has 0 bridgehead atoms. The van der Waals surface area contributed by atoms with Crippen molar-refractivity contribution in [3.63, 3.8) is 0 Å². The van der Waals surface area contributed by atoms with Crippen molar-refractivity contribution in [2.24, 2.45) is 5.92 Å². The number of piperidine rings is 1. The fraction of sp³-hybridized carbons (Fsp3) is 0.519. The minimum Gasteiger partial charge on any atom is -0.375 e. The molecule has 2 unspecified atom stereocenters. The van der Waals surface area contributed by atoms with Gasteiger partial charge in [0.25, 0.3) is 0 Å². The summed E-state index contributed by atoms with van der Waals surface area (Å²) in [6, 6.07) is 16.3. The van der Waals surface area contributed by atoms with Gasteiger partial charge in [0, 0.05) is 26.2 Å². The molecule has 2 atom stereocenters. The maximum Gasteiger partial charge on any atom is 0.248 e. The number of aryl methyl sites for hydroxylation is 1. The number of ether oxygens (including phenoxy) is 1. The Morgan fingerprint density at radius 3 is 2.47 bits per heavy atom. The molecule has 4 rings (SSSR count). The molecule has 1 aliphatic carbocycles. The van der Waals surface area contributed by atoms with Crippen LogP contribution in [-0.4, -0.2) is 61.6 Å². The molecule has 4 nitrogen and oxygen atoms in total. The molecule has 1 aliphatic heterocycles. The lowest BCUT2D eigenvalue weighted by atomic mass is 9.82. The Morgan fingerprint density at radius 2 is 1.78 bits per heavy atom. The number of rotatable bonds is 7. The molecule has 1 fully saturated rings. The van der Waals surface area contributed by atoms with Gasteiger partial charge in [-0.15, -0.1) is 0 Å². The van der Waals surface area contributed by atoms with Gasteiger partial charge < -0.3 is 14.5 Å². The third kappa shape index (κ3) is 5.38. The van der Waals surface area contributed by atoms with Crippen LogP contribution in [0.25, 0.3) is 0 Å². The summed E-state index contributed by atoms with van der Waals surface area (Å²) in [6.45, 7) is 2.24. The van der Waals surface area contributed by atoms with Crippen molar-refractivity contribution in [1.82, 2.24) is 9.80 Å². The minimum absolute atomic E-state index is 0.00549. The summed E-state index contributed by atoms with van der Waals surface area (Å²) < 4.78 is 18.5. The van der Waals surface area contributed by atoms with E-state index in [1.165, 1.54) is 36.1 Å². The van der Waals surface area contributed by atoms with Crippen LogP contribution in [0.1, 0.15) is 36.0 Å². The van der Waals surface area contributed by atoms with Gasteiger partial charge in [-0.1, -0.05) is 36.4 Å². The van der Waals surface area contributed by atoms with E-state index in [-0.39, 0.29) is 24.4 Å². The molecule has 0 spiro atoms. The van der Waals surface area contributed by atoms with Crippen LogP contribution in [0, 0.1) is 11.7 Å². The van der Waals surface area contributed by atoms with Crippen molar-refractivity contribution in [3.8, 4) is 0 Å². The summed E-state index contributed by atoms with van der Waals surface area (Å²) in [5.41, 5.74) is 4.08. The highest BCUT2D eigenvalue weighted by molar-refractivity contribution is 5.77. The SMILES string of the molecule is COCC(=O)N(C)C(Cc1ccc(F)cc1)C1CCN(C2CCc3ccccc3C2)CC1. The summed E-state index contributed by atoms with van der Waals surface area (Å²) in [7, 11) is 3.45. The van der Waals surface area contributed by atoms with Gasteiger partial charge in [0.2, 0.25) is 5.91 Å². The number of amides is 1. The van der Waals surface area contributed by atoms with Crippen LogP contribution < -0.4 is 0 Å². The molecule has 32 heavy (non-hydrogen) atoms. The van der Waals surface area contributed by atoms with E-state index < -0.39 is 0 Å². The smallest absolute Gasteiger partial charge is 0.248 e. The van der Waals surface area contributed by atoms with E-state index >= 15 is 0 Å². The van der Waals surface area contributed by atoms with Gasteiger partial charge in [-0.2, -0.15) is 0 Å². The first-order valence-electron chi connectivity index (χ1n) is 11.8. The molecule has 0 saturated carbocycles. The molecule has 1 heterocycles. The number of methoxy groups -OCH3 is 1. The van der Waals surface area contributed by atoms with Crippen LogP contribution >= 0.6 is 0 Å². The Kier molecular flexibility index (Phi) is 7.59. The monoisotopic (exact) mass is 438 g/mol. The van der Waals surface area contributed by atoms with Gasteiger partial charge in [-0.05, 0) is 86.4 Å². The first-order chi connectivity index (χ1) is 15.5. The van der Waals surface area contributed by atoms with E-state index in [0.717, 1.165) is 44.3 Å². The highest BCUT2D eigenvalue weighted by atomic mass is 19.1. The van der Waals surface area contributed by atoms with E-state index in [0.29, 0.717) is 12.0 Å². The van der Waals surface area contributed by atoms with Gasteiger partial charge in [0.05, 0.1) is 0 Å². The molecule has 2 aromatic carbocycles. The molecule has 172 valence electrons. The lowest BCUT2D eigenvalue weighted by molar-refractivity contribution is -0.137. The van der Waals surface area contributed by atoms with Gasteiger partial charge in [-0.3, -0.25) is 4.79 Å². The third-order valence-corrected chi connectivity index (χ3v) is 7.47. The molecule has 2 aliphatic rings. The average Bonchev–Trinajstić information content (AvgIpc) is 2.83. The zero-order valence-corrected chi connectivity index (χ0v) is 19.3. The third-order valence-electron chi connectivity index (χ3n) is 7.47. The second-order valence-electron chi connectivity index (χ2n) is 9.37. The van der Waals surface area contributed by atoms with Crippen LogP contribution in [0.5, 0.6) is 0 Å². The lowest BCUT2D eigenvalue weighted by Gasteiger charge is -2.43. The lowest BCUT2D eigenvalue weighted by Crippen LogP contribution is -2.50. The number of likely N-dealkylation sites (N-methyl/N-ethyl adjacent to an activating group) is 1. The number of carbonyl (C=O) groups excluding carboxylic acids is 1. The minimum atomic E-state index is -0.225. The van der Waals surface area contributed by atoms with Crippen molar-refractivity contribution in [2.75, 3.05) is 33.9 Å². The second kappa shape index (κ2) is 10.6. The zero-order chi connectivity index (χ0) is 22.5. The van der Waals surface area contributed by atoms with Crippen LogP contribution in [-0.2, 0) is 28.8 Å². The van der Waals surface area contributed by atoms with Crippen molar-refractivity contribution < 1.29 is 13.9 Å². The van der Waals surface area contributed by atoms with E-state index in [1.54, 1.807) is 7.11 Å². The van der Waals surface area contributed by atoms with Crippen LogP contribution in [0.4, 0.5) is 4.39 Å². The molecule has 2 aromatic rings. The van der Waals surface area contributed by atoms with Crippen LogP contribution in [0.3, 0.4) is 0 Å². The van der Waals surface area contributed by atoms with Gasteiger partial charge in [0.15, 0.2) is 0 Å². The normalized spacial score (nSPS) is 20.5. The molecule has 0 N–H and O–H groups in total. The van der Waals surface area contributed by atoms with E-state index in [2.05, 4.69) is 29.2 Å². The Bertz CT molecular complexity index is 893. The Balaban J connectivity index is 1.41. The molecule has 1 saturated heterocycles. The first-order valence-corrected chi connectivity index (χ1v) is 11.8. The fourth-order valence-corrected chi connectivity index (χ4v) is 5.55. The van der Waals surface area contributed by atoms with Gasteiger partial charge in [-0.25, -0.2) is 4.39 Å². The molecular formula is C27H35FN2O2. The van der Waals surface area contributed by atoms with E-state index in [9.17, 15) is 9.18 Å². The van der Waals surface area contributed by atoms with E-state index in [4.69, 9.17) is 4.74 Å². The van der Waals surface area contributed by atoms with E-state index in [1.807, 2.05) is 24.1 Å². The van der Waals surface area contributed by atoms with Crippen LogP contribution in [0.15, 0.2) is 48.5 Å². The summed E-state index contributed by atoms with van der Waals surface area (Å²) >= 11 is 0. The predicted octanol–water partition coefficient (Wildman–Crippen LogP) is 4.11. The molecular weight excluding hydrogens is 403 g/mol.